The van der Waals surface area contributed by atoms with E-state index in [-0.39, 0.29) is 11.9 Å². The average Bonchev–Trinajstić information content (AvgIpc) is 2.36. The van der Waals surface area contributed by atoms with Gasteiger partial charge in [0.05, 0.1) is 12.7 Å². The summed E-state index contributed by atoms with van der Waals surface area (Å²) in [6, 6.07) is 7.76. The SMILES string of the molecule is COC(=O)C1=C(C(C)C)Oc2ccccc2C1. The smallest absolute Gasteiger partial charge is 0.337 e. The molecule has 3 nitrogen and oxygen atoms in total. The molecule has 2 rings (SSSR count). The lowest BCUT2D eigenvalue weighted by molar-refractivity contribution is -0.136. The number of allylic oxidation sites excluding steroid dienone is 1. The van der Waals surface area contributed by atoms with E-state index in [1.165, 1.54) is 7.11 Å². The zero-order valence-electron chi connectivity index (χ0n) is 10.3. The Balaban J connectivity index is 2.43. The lowest BCUT2D eigenvalue weighted by Crippen LogP contribution is -2.20. The average molecular weight is 232 g/mol. The molecule has 0 unspecified atom stereocenters. The molecule has 1 heterocycles. The Labute approximate surface area is 101 Å². The third kappa shape index (κ3) is 2.18. The Morgan fingerprint density at radius 3 is 2.71 bits per heavy atom. The van der Waals surface area contributed by atoms with Gasteiger partial charge in [0.1, 0.15) is 11.5 Å². The molecule has 0 saturated heterocycles. The van der Waals surface area contributed by atoms with Crippen LogP contribution < -0.4 is 4.74 Å². The molecule has 3 heteroatoms. The van der Waals surface area contributed by atoms with Crippen molar-refractivity contribution in [2.75, 3.05) is 7.11 Å². The molecule has 0 atom stereocenters. The lowest BCUT2D eigenvalue weighted by atomic mass is 9.96. The van der Waals surface area contributed by atoms with E-state index in [4.69, 9.17) is 9.47 Å². The van der Waals surface area contributed by atoms with E-state index < -0.39 is 0 Å². The van der Waals surface area contributed by atoms with Gasteiger partial charge in [0.2, 0.25) is 0 Å². The van der Waals surface area contributed by atoms with Gasteiger partial charge >= 0.3 is 5.97 Å². The molecular formula is C14H16O3. The fourth-order valence-corrected chi connectivity index (χ4v) is 1.97. The molecule has 0 N–H and O–H groups in total. The van der Waals surface area contributed by atoms with E-state index in [1.54, 1.807) is 0 Å². The predicted molar refractivity (Wildman–Crippen MR) is 64.7 cm³/mol. The van der Waals surface area contributed by atoms with E-state index in [1.807, 2.05) is 38.1 Å². The molecule has 17 heavy (non-hydrogen) atoms. The molecule has 0 fully saturated rings. The number of hydrogen-bond donors (Lipinski definition) is 0. The summed E-state index contributed by atoms with van der Waals surface area (Å²) in [5.74, 6) is 1.42. The van der Waals surface area contributed by atoms with Crippen LogP contribution in [0.4, 0.5) is 0 Å². The highest BCUT2D eigenvalue weighted by atomic mass is 16.5. The van der Waals surface area contributed by atoms with Crippen LogP contribution in [-0.4, -0.2) is 13.1 Å². The van der Waals surface area contributed by atoms with Crippen molar-refractivity contribution < 1.29 is 14.3 Å². The van der Waals surface area contributed by atoms with Crippen molar-refractivity contribution in [3.8, 4) is 5.75 Å². The molecule has 1 aromatic carbocycles. The molecule has 1 aliphatic rings. The number of methoxy groups -OCH3 is 1. The lowest BCUT2D eigenvalue weighted by Gasteiger charge is -2.24. The summed E-state index contributed by atoms with van der Waals surface area (Å²) in [4.78, 5) is 11.7. The van der Waals surface area contributed by atoms with Crippen LogP contribution in [0.2, 0.25) is 0 Å². The van der Waals surface area contributed by atoms with E-state index in [2.05, 4.69) is 0 Å². The van der Waals surface area contributed by atoms with Crippen LogP contribution in [0.15, 0.2) is 35.6 Å². The normalized spacial score (nSPS) is 14.4. The Kier molecular flexibility index (Phi) is 3.18. The Morgan fingerprint density at radius 2 is 2.06 bits per heavy atom. The fraction of sp³-hybridized carbons (Fsp3) is 0.357. The molecule has 0 saturated carbocycles. The number of benzene rings is 1. The zero-order valence-corrected chi connectivity index (χ0v) is 10.3. The fourth-order valence-electron chi connectivity index (χ4n) is 1.97. The van der Waals surface area contributed by atoms with Crippen LogP contribution in [0.5, 0.6) is 5.75 Å². The van der Waals surface area contributed by atoms with Crippen molar-refractivity contribution in [2.45, 2.75) is 20.3 Å². The molecular weight excluding hydrogens is 216 g/mol. The number of carbonyl (C=O) groups excluding carboxylic acids is 1. The highest BCUT2D eigenvalue weighted by molar-refractivity contribution is 5.90. The first kappa shape index (κ1) is 11.7. The minimum absolute atomic E-state index is 0.164. The maximum Gasteiger partial charge on any atom is 0.337 e. The van der Waals surface area contributed by atoms with Gasteiger partial charge in [-0.05, 0) is 11.6 Å². The van der Waals surface area contributed by atoms with Crippen molar-refractivity contribution in [1.29, 1.82) is 0 Å². The second kappa shape index (κ2) is 4.62. The minimum atomic E-state index is -0.303. The van der Waals surface area contributed by atoms with E-state index in [0.29, 0.717) is 12.0 Å². The van der Waals surface area contributed by atoms with Crippen molar-refractivity contribution >= 4 is 5.97 Å². The van der Waals surface area contributed by atoms with Gasteiger partial charge in [0.25, 0.3) is 0 Å². The van der Waals surface area contributed by atoms with Crippen LogP contribution in [0, 0.1) is 5.92 Å². The third-order valence-corrected chi connectivity index (χ3v) is 2.81. The zero-order chi connectivity index (χ0) is 12.4. The summed E-state index contributed by atoms with van der Waals surface area (Å²) in [6.07, 6.45) is 0.580. The summed E-state index contributed by atoms with van der Waals surface area (Å²) < 4.78 is 10.6. The van der Waals surface area contributed by atoms with Crippen LogP contribution in [0.25, 0.3) is 0 Å². The second-order valence-electron chi connectivity index (χ2n) is 4.38. The summed E-state index contributed by atoms with van der Waals surface area (Å²) in [5.41, 5.74) is 1.65. The molecule has 1 aliphatic heterocycles. The Bertz CT molecular complexity index is 472. The number of esters is 1. The quantitative estimate of drug-likeness (QED) is 0.735. The van der Waals surface area contributed by atoms with E-state index in [9.17, 15) is 4.79 Å². The maximum absolute atomic E-state index is 11.7. The second-order valence-corrected chi connectivity index (χ2v) is 4.38. The molecule has 0 bridgehead atoms. The van der Waals surface area contributed by atoms with E-state index in [0.717, 1.165) is 17.1 Å². The van der Waals surface area contributed by atoms with Crippen molar-refractivity contribution in [2.24, 2.45) is 5.92 Å². The third-order valence-electron chi connectivity index (χ3n) is 2.81. The molecule has 0 amide bonds. The Morgan fingerprint density at radius 1 is 1.35 bits per heavy atom. The monoisotopic (exact) mass is 232 g/mol. The molecule has 0 radical (unpaired) electrons. The van der Waals surface area contributed by atoms with Gasteiger partial charge in [0, 0.05) is 12.3 Å². The van der Waals surface area contributed by atoms with Gasteiger partial charge < -0.3 is 9.47 Å². The van der Waals surface area contributed by atoms with Gasteiger partial charge in [-0.1, -0.05) is 32.0 Å². The first-order chi connectivity index (χ1) is 8.13. The summed E-state index contributed by atoms with van der Waals surface area (Å²) >= 11 is 0. The van der Waals surface area contributed by atoms with E-state index >= 15 is 0 Å². The van der Waals surface area contributed by atoms with Gasteiger partial charge in [0.15, 0.2) is 0 Å². The largest absolute Gasteiger partial charge is 0.466 e. The predicted octanol–water partition coefficient (Wildman–Crippen LogP) is 2.70. The van der Waals surface area contributed by atoms with Crippen molar-refractivity contribution in [3.63, 3.8) is 0 Å². The maximum atomic E-state index is 11.7. The number of hydrogen-bond acceptors (Lipinski definition) is 3. The van der Waals surface area contributed by atoms with Gasteiger partial charge in [-0.25, -0.2) is 4.79 Å². The minimum Gasteiger partial charge on any atom is -0.466 e. The molecule has 1 aromatic rings. The summed E-state index contributed by atoms with van der Waals surface area (Å²) in [6.45, 7) is 4.01. The van der Waals surface area contributed by atoms with Crippen LogP contribution in [-0.2, 0) is 16.0 Å². The van der Waals surface area contributed by atoms with Gasteiger partial charge in [-0.3, -0.25) is 0 Å². The van der Waals surface area contributed by atoms with Gasteiger partial charge in [-0.15, -0.1) is 0 Å². The highest BCUT2D eigenvalue weighted by Crippen LogP contribution is 2.33. The molecule has 90 valence electrons. The molecule has 0 spiro atoms. The number of carbonyl (C=O) groups is 1. The van der Waals surface area contributed by atoms with Gasteiger partial charge in [-0.2, -0.15) is 0 Å². The Hall–Kier alpha value is -1.77. The van der Waals surface area contributed by atoms with Crippen molar-refractivity contribution in [3.05, 3.63) is 41.2 Å². The molecule has 0 aliphatic carbocycles. The standard InChI is InChI=1S/C14H16O3/c1-9(2)13-11(14(15)16-3)8-10-6-4-5-7-12(10)17-13/h4-7,9H,8H2,1-3H3. The van der Waals surface area contributed by atoms with Crippen LogP contribution in [0.3, 0.4) is 0 Å². The topological polar surface area (TPSA) is 35.5 Å². The summed E-state index contributed by atoms with van der Waals surface area (Å²) in [5, 5.41) is 0. The number of rotatable bonds is 2. The number of ether oxygens (including phenoxy) is 2. The van der Waals surface area contributed by atoms with Crippen molar-refractivity contribution in [1.82, 2.24) is 0 Å². The first-order valence-corrected chi connectivity index (χ1v) is 5.70. The summed E-state index contributed by atoms with van der Waals surface area (Å²) in [7, 11) is 1.40. The highest BCUT2D eigenvalue weighted by Gasteiger charge is 2.26. The number of para-hydroxylation sites is 1. The van der Waals surface area contributed by atoms with Crippen LogP contribution >= 0.6 is 0 Å². The first-order valence-electron chi connectivity index (χ1n) is 5.70. The number of fused-ring (bicyclic) bond motifs is 1. The molecule has 0 aromatic heterocycles. The van der Waals surface area contributed by atoms with Crippen LogP contribution in [0.1, 0.15) is 19.4 Å².